The highest BCUT2D eigenvalue weighted by atomic mass is 16.5. The summed E-state index contributed by atoms with van der Waals surface area (Å²) in [6.07, 6.45) is 2.70. The van der Waals surface area contributed by atoms with Gasteiger partial charge in [-0.25, -0.2) is 0 Å². The maximum atomic E-state index is 11.4. The molecule has 0 bridgehead atoms. The Bertz CT molecular complexity index is 377. The Kier molecular flexibility index (Phi) is 5.79. The van der Waals surface area contributed by atoms with Crippen molar-refractivity contribution in [3.05, 3.63) is 29.8 Å². The first kappa shape index (κ1) is 13.2. The summed E-state index contributed by atoms with van der Waals surface area (Å²) in [5, 5.41) is 2.74. The van der Waals surface area contributed by atoms with E-state index in [0.29, 0.717) is 24.1 Å². The normalized spacial score (nSPS) is 9.71. The van der Waals surface area contributed by atoms with Crippen molar-refractivity contribution >= 4 is 12.2 Å². The Hall–Kier alpha value is -1.84. The fraction of sp³-hybridized carbons (Fsp3) is 0.385. The number of carbonyl (C=O) groups is 2. The number of rotatable bonds is 7. The molecule has 4 nitrogen and oxygen atoms in total. The molecule has 0 atom stereocenters. The van der Waals surface area contributed by atoms with Crippen LogP contribution in [-0.2, 0) is 4.79 Å². The van der Waals surface area contributed by atoms with Gasteiger partial charge >= 0.3 is 0 Å². The van der Waals surface area contributed by atoms with E-state index in [1.807, 2.05) is 0 Å². The van der Waals surface area contributed by atoms with Crippen molar-refractivity contribution in [2.75, 3.05) is 13.2 Å². The molecule has 0 fully saturated rings. The number of nitrogens with one attached hydrogen (secondary N) is 1. The summed E-state index contributed by atoms with van der Waals surface area (Å²) < 4.78 is 5.28. The van der Waals surface area contributed by atoms with E-state index in [2.05, 4.69) is 12.2 Å². The topological polar surface area (TPSA) is 55.4 Å². The van der Waals surface area contributed by atoms with E-state index in [9.17, 15) is 9.59 Å². The van der Waals surface area contributed by atoms with Gasteiger partial charge in [0.1, 0.15) is 5.75 Å². The second-order valence-electron chi connectivity index (χ2n) is 3.65. The van der Waals surface area contributed by atoms with Gasteiger partial charge in [0.15, 0.2) is 12.9 Å². The van der Waals surface area contributed by atoms with Crippen molar-refractivity contribution in [2.24, 2.45) is 0 Å². The minimum Gasteiger partial charge on any atom is -0.483 e. The van der Waals surface area contributed by atoms with E-state index < -0.39 is 0 Å². The van der Waals surface area contributed by atoms with Crippen LogP contribution in [0.1, 0.15) is 30.1 Å². The smallest absolute Gasteiger partial charge is 0.257 e. The third kappa shape index (κ3) is 4.68. The van der Waals surface area contributed by atoms with Crippen LogP contribution >= 0.6 is 0 Å². The van der Waals surface area contributed by atoms with Crippen LogP contribution in [0.2, 0.25) is 0 Å². The van der Waals surface area contributed by atoms with Crippen LogP contribution in [0.25, 0.3) is 0 Å². The molecule has 0 aliphatic heterocycles. The minimum absolute atomic E-state index is 0.0609. The predicted octanol–water partition coefficient (Wildman–Crippen LogP) is 1.79. The largest absolute Gasteiger partial charge is 0.483 e. The van der Waals surface area contributed by atoms with Gasteiger partial charge in [-0.2, -0.15) is 0 Å². The van der Waals surface area contributed by atoms with E-state index in [-0.39, 0.29) is 12.5 Å². The fourth-order valence-electron chi connectivity index (χ4n) is 1.31. The van der Waals surface area contributed by atoms with Gasteiger partial charge in [0.05, 0.1) is 5.56 Å². The summed E-state index contributed by atoms with van der Waals surface area (Å²) in [5.41, 5.74) is 0.453. The lowest BCUT2D eigenvalue weighted by Gasteiger charge is -2.08. The summed E-state index contributed by atoms with van der Waals surface area (Å²) in [6.45, 7) is 2.66. The minimum atomic E-state index is -0.167. The molecule has 0 unspecified atom stereocenters. The molecule has 0 saturated heterocycles. The first-order chi connectivity index (χ1) is 8.27. The van der Waals surface area contributed by atoms with Crippen LogP contribution in [0.4, 0.5) is 0 Å². The molecule has 0 aromatic heterocycles. The van der Waals surface area contributed by atoms with E-state index in [1.165, 1.54) is 0 Å². The first-order valence-electron chi connectivity index (χ1n) is 5.71. The SMILES string of the molecule is CCCCNC(=O)COc1ccccc1C=O. The van der Waals surface area contributed by atoms with Gasteiger partial charge < -0.3 is 10.1 Å². The molecule has 0 spiro atoms. The first-order valence-corrected chi connectivity index (χ1v) is 5.71. The molecule has 92 valence electrons. The Morgan fingerprint density at radius 2 is 2.18 bits per heavy atom. The monoisotopic (exact) mass is 235 g/mol. The maximum Gasteiger partial charge on any atom is 0.257 e. The molecule has 0 heterocycles. The number of ether oxygens (including phenoxy) is 1. The van der Waals surface area contributed by atoms with Crippen LogP contribution in [-0.4, -0.2) is 25.3 Å². The van der Waals surface area contributed by atoms with Crippen LogP contribution in [0.15, 0.2) is 24.3 Å². The number of unbranched alkanes of at least 4 members (excludes halogenated alkanes) is 1. The molecular formula is C13H17NO3. The lowest BCUT2D eigenvalue weighted by Crippen LogP contribution is -2.29. The molecule has 1 amide bonds. The van der Waals surface area contributed by atoms with Gasteiger partial charge in [0.25, 0.3) is 5.91 Å². The van der Waals surface area contributed by atoms with Gasteiger partial charge in [-0.05, 0) is 18.6 Å². The van der Waals surface area contributed by atoms with E-state index >= 15 is 0 Å². The average Bonchev–Trinajstić information content (AvgIpc) is 2.37. The lowest BCUT2D eigenvalue weighted by atomic mass is 10.2. The van der Waals surface area contributed by atoms with Crippen molar-refractivity contribution in [2.45, 2.75) is 19.8 Å². The number of aldehydes is 1. The van der Waals surface area contributed by atoms with Crippen molar-refractivity contribution in [3.8, 4) is 5.75 Å². The molecule has 4 heteroatoms. The zero-order valence-corrected chi connectivity index (χ0v) is 9.94. The molecular weight excluding hydrogens is 218 g/mol. The number of carbonyl (C=O) groups excluding carboxylic acids is 2. The molecule has 1 aromatic carbocycles. The van der Waals surface area contributed by atoms with Crippen molar-refractivity contribution in [3.63, 3.8) is 0 Å². The van der Waals surface area contributed by atoms with E-state index in [4.69, 9.17) is 4.74 Å². The summed E-state index contributed by atoms with van der Waals surface area (Å²) in [5.74, 6) is 0.271. The number of benzene rings is 1. The van der Waals surface area contributed by atoms with Gasteiger partial charge in [-0.15, -0.1) is 0 Å². The highest BCUT2D eigenvalue weighted by Crippen LogP contribution is 2.15. The Labute approximate surface area is 101 Å². The number of hydrogen-bond donors (Lipinski definition) is 1. The highest BCUT2D eigenvalue weighted by molar-refractivity contribution is 5.80. The second kappa shape index (κ2) is 7.44. The van der Waals surface area contributed by atoms with Crippen LogP contribution < -0.4 is 10.1 Å². The molecule has 1 rings (SSSR count). The number of para-hydroxylation sites is 1. The average molecular weight is 235 g/mol. The van der Waals surface area contributed by atoms with Gasteiger partial charge in [-0.1, -0.05) is 25.5 Å². The summed E-state index contributed by atoms with van der Waals surface area (Å²) in [7, 11) is 0. The van der Waals surface area contributed by atoms with Gasteiger partial charge in [0, 0.05) is 6.54 Å². The van der Waals surface area contributed by atoms with E-state index in [0.717, 1.165) is 12.8 Å². The second-order valence-corrected chi connectivity index (χ2v) is 3.65. The molecule has 0 radical (unpaired) electrons. The Morgan fingerprint density at radius 1 is 1.41 bits per heavy atom. The number of amides is 1. The molecule has 17 heavy (non-hydrogen) atoms. The molecule has 1 N–H and O–H groups in total. The van der Waals surface area contributed by atoms with Crippen LogP contribution in [0.3, 0.4) is 0 Å². The van der Waals surface area contributed by atoms with Crippen molar-refractivity contribution < 1.29 is 14.3 Å². The molecule has 1 aromatic rings. The van der Waals surface area contributed by atoms with E-state index in [1.54, 1.807) is 24.3 Å². The summed E-state index contributed by atoms with van der Waals surface area (Å²) in [6, 6.07) is 6.83. The van der Waals surface area contributed by atoms with Crippen LogP contribution in [0, 0.1) is 0 Å². The van der Waals surface area contributed by atoms with Crippen molar-refractivity contribution in [1.82, 2.24) is 5.32 Å². The highest BCUT2D eigenvalue weighted by Gasteiger charge is 2.05. The number of hydrogen-bond acceptors (Lipinski definition) is 3. The summed E-state index contributed by atoms with van der Waals surface area (Å²) >= 11 is 0. The molecule has 0 aliphatic rings. The Morgan fingerprint density at radius 3 is 2.88 bits per heavy atom. The summed E-state index contributed by atoms with van der Waals surface area (Å²) in [4.78, 5) is 22.1. The third-order valence-corrected chi connectivity index (χ3v) is 2.26. The quantitative estimate of drug-likeness (QED) is 0.579. The third-order valence-electron chi connectivity index (χ3n) is 2.26. The zero-order valence-electron chi connectivity index (χ0n) is 9.94. The molecule has 0 saturated carbocycles. The fourth-order valence-corrected chi connectivity index (χ4v) is 1.31. The van der Waals surface area contributed by atoms with Gasteiger partial charge in [0.2, 0.25) is 0 Å². The lowest BCUT2D eigenvalue weighted by molar-refractivity contribution is -0.123. The molecule has 0 aliphatic carbocycles. The zero-order chi connectivity index (χ0) is 12.5. The van der Waals surface area contributed by atoms with Crippen LogP contribution in [0.5, 0.6) is 5.75 Å². The maximum absolute atomic E-state index is 11.4. The predicted molar refractivity (Wildman–Crippen MR) is 65.2 cm³/mol. The standard InChI is InChI=1S/C13H17NO3/c1-2-3-8-14-13(16)10-17-12-7-5-4-6-11(12)9-15/h4-7,9H,2-3,8,10H2,1H3,(H,14,16). The van der Waals surface area contributed by atoms with Crippen molar-refractivity contribution in [1.29, 1.82) is 0 Å². The Balaban J connectivity index is 2.39. The van der Waals surface area contributed by atoms with Gasteiger partial charge in [-0.3, -0.25) is 9.59 Å².